The van der Waals surface area contributed by atoms with Gasteiger partial charge in [-0.25, -0.2) is 24.2 Å². The van der Waals surface area contributed by atoms with Crippen molar-refractivity contribution < 1.29 is 19.2 Å². The van der Waals surface area contributed by atoms with Gasteiger partial charge in [0.2, 0.25) is 24.3 Å². The minimum absolute atomic E-state index is 0.128. The van der Waals surface area contributed by atoms with E-state index >= 15 is 0 Å². The maximum absolute atomic E-state index is 10.4. The largest absolute Gasteiger partial charge is 0.237 e. The fourth-order valence-corrected chi connectivity index (χ4v) is 1.97. The van der Waals surface area contributed by atoms with E-state index in [0.29, 0.717) is 6.42 Å². The highest BCUT2D eigenvalue weighted by molar-refractivity contribution is 5.42. The van der Waals surface area contributed by atoms with Crippen LogP contribution < -0.4 is 0 Å². The van der Waals surface area contributed by atoms with E-state index < -0.39 is 17.7 Å². The van der Waals surface area contributed by atoms with Crippen LogP contribution in [-0.4, -0.2) is 42.1 Å². The van der Waals surface area contributed by atoms with Gasteiger partial charge in [0.25, 0.3) is 0 Å². The molecule has 8 nitrogen and oxygen atoms in total. The first-order valence-electron chi connectivity index (χ1n) is 5.04. The summed E-state index contributed by atoms with van der Waals surface area (Å²) >= 11 is 0. The highest BCUT2D eigenvalue weighted by atomic mass is 16.1. The van der Waals surface area contributed by atoms with E-state index in [0.717, 1.165) is 0 Å². The predicted molar refractivity (Wildman–Crippen MR) is 56.6 cm³/mol. The molecule has 1 fully saturated rings. The number of nitrogens with zero attached hydrogens (tertiary/aromatic N) is 4. The zero-order chi connectivity index (χ0) is 13.4. The number of hydrogen-bond donors (Lipinski definition) is 0. The summed E-state index contributed by atoms with van der Waals surface area (Å²) in [6.45, 7) is 0. The molecular weight excluding hydrogens is 240 g/mol. The van der Waals surface area contributed by atoms with Crippen molar-refractivity contribution in [3.05, 3.63) is 0 Å². The predicted octanol–water partition coefficient (Wildman–Crippen LogP) is -0.0530. The topological polar surface area (TPSA) is 118 Å². The maximum atomic E-state index is 10.4. The van der Waals surface area contributed by atoms with Crippen molar-refractivity contribution in [2.75, 3.05) is 0 Å². The van der Waals surface area contributed by atoms with E-state index in [-0.39, 0.29) is 12.8 Å². The van der Waals surface area contributed by atoms with E-state index in [1.54, 1.807) is 0 Å². The Labute approximate surface area is 101 Å². The molecule has 0 aliphatic heterocycles. The normalized spacial score (nSPS) is 29.8. The van der Waals surface area contributed by atoms with E-state index in [4.69, 9.17) is 0 Å². The standard InChI is InChI=1S/C10H8N4O4/c15-4-11-8-1-2-10(13-6-17,14-7-18)9(3-8)12-5-16/h8-9H,1-3H2. The molecule has 0 spiro atoms. The molecule has 2 unspecified atom stereocenters. The molecule has 0 radical (unpaired) electrons. The Kier molecular flexibility index (Phi) is 4.76. The molecule has 1 saturated carbocycles. The van der Waals surface area contributed by atoms with Gasteiger partial charge in [-0.15, -0.1) is 0 Å². The lowest BCUT2D eigenvalue weighted by Crippen LogP contribution is -2.44. The second-order valence-corrected chi connectivity index (χ2v) is 3.67. The summed E-state index contributed by atoms with van der Waals surface area (Å²) in [6, 6.07) is -1.30. The minimum atomic E-state index is -1.49. The summed E-state index contributed by atoms with van der Waals surface area (Å²) in [5, 5.41) is 0. The molecule has 2 atom stereocenters. The Morgan fingerprint density at radius 2 is 1.50 bits per heavy atom. The van der Waals surface area contributed by atoms with Crippen molar-refractivity contribution in [2.45, 2.75) is 37.0 Å². The minimum Gasteiger partial charge on any atom is -0.211 e. The van der Waals surface area contributed by atoms with Crippen LogP contribution in [0.15, 0.2) is 20.0 Å². The number of rotatable bonds is 4. The Bertz CT molecular complexity index is 488. The molecule has 0 N–H and O–H groups in total. The Morgan fingerprint density at radius 1 is 0.889 bits per heavy atom. The Morgan fingerprint density at radius 3 is 2.00 bits per heavy atom. The van der Waals surface area contributed by atoms with Gasteiger partial charge in [0.15, 0.2) is 5.66 Å². The molecule has 1 aliphatic rings. The highest BCUT2D eigenvalue weighted by Gasteiger charge is 2.45. The number of isocyanates is 4. The van der Waals surface area contributed by atoms with Gasteiger partial charge in [-0.2, -0.15) is 15.0 Å². The van der Waals surface area contributed by atoms with Gasteiger partial charge in [-0.1, -0.05) is 0 Å². The highest BCUT2D eigenvalue weighted by Crippen LogP contribution is 2.36. The molecule has 0 saturated heterocycles. The van der Waals surface area contributed by atoms with E-state index in [9.17, 15) is 19.2 Å². The molecule has 0 aromatic rings. The number of hydrogen-bond acceptors (Lipinski definition) is 8. The zero-order valence-corrected chi connectivity index (χ0v) is 9.20. The fourth-order valence-electron chi connectivity index (χ4n) is 1.97. The second kappa shape index (κ2) is 6.30. The molecule has 0 heterocycles. The van der Waals surface area contributed by atoms with Crippen LogP contribution in [0.1, 0.15) is 19.3 Å². The summed E-state index contributed by atoms with van der Waals surface area (Å²) in [5.41, 5.74) is -1.49. The summed E-state index contributed by atoms with van der Waals surface area (Å²) in [7, 11) is 0. The third kappa shape index (κ3) is 2.80. The van der Waals surface area contributed by atoms with Gasteiger partial charge in [-0.05, 0) is 19.3 Å². The number of aliphatic imine (C=N–C) groups is 4. The van der Waals surface area contributed by atoms with Crippen LogP contribution >= 0.6 is 0 Å². The smallest absolute Gasteiger partial charge is 0.211 e. The quantitative estimate of drug-likeness (QED) is 0.511. The monoisotopic (exact) mass is 248 g/mol. The fraction of sp³-hybridized carbons (Fsp3) is 0.600. The van der Waals surface area contributed by atoms with Gasteiger partial charge < -0.3 is 0 Å². The van der Waals surface area contributed by atoms with E-state index in [1.807, 2.05) is 0 Å². The lowest BCUT2D eigenvalue weighted by molar-refractivity contribution is 0.245. The van der Waals surface area contributed by atoms with Gasteiger partial charge in [0.1, 0.15) is 6.04 Å². The van der Waals surface area contributed by atoms with Crippen LogP contribution in [0.3, 0.4) is 0 Å². The van der Waals surface area contributed by atoms with Gasteiger partial charge in [-0.3, -0.25) is 0 Å². The SMILES string of the molecule is O=C=NC1CCC(N=C=O)(N=C=O)C(N=C=O)C1. The third-order valence-corrected chi connectivity index (χ3v) is 2.80. The lowest BCUT2D eigenvalue weighted by atomic mass is 9.82. The third-order valence-electron chi connectivity index (χ3n) is 2.80. The molecular formula is C10H8N4O4. The van der Waals surface area contributed by atoms with Crippen molar-refractivity contribution >= 4 is 24.3 Å². The van der Waals surface area contributed by atoms with Crippen LogP contribution in [0.5, 0.6) is 0 Å². The van der Waals surface area contributed by atoms with Crippen LogP contribution in [-0.2, 0) is 19.2 Å². The first-order chi connectivity index (χ1) is 8.72. The average Bonchev–Trinajstić information content (AvgIpc) is 2.35. The Balaban J connectivity index is 3.17. The molecule has 0 aromatic carbocycles. The summed E-state index contributed by atoms with van der Waals surface area (Å²) in [5.74, 6) is 0. The van der Waals surface area contributed by atoms with Crippen LogP contribution in [0.4, 0.5) is 0 Å². The molecule has 0 aromatic heterocycles. The second-order valence-electron chi connectivity index (χ2n) is 3.67. The van der Waals surface area contributed by atoms with Crippen LogP contribution in [0.2, 0.25) is 0 Å². The van der Waals surface area contributed by atoms with Crippen molar-refractivity contribution in [1.29, 1.82) is 0 Å². The van der Waals surface area contributed by atoms with E-state index in [1.165, 1.54) is 24.3 Å². The molecule has 0 bridgehead atoms. The van der Waals surface area contributed by atoms with E-state index in [2.05, 4.69) is 20.0 Å². The van der Waals surface area contributed by atoms with Crippen molar-refractivity contribution in [3.8, 4) is 0 Å². The lowest BCUT2D eigenvalue weighted by Gasteiger charge is -2.34. The van der Waals surface area contributed by atoms with Crippen molar-refractivity contribution in [2.24, 2.45) is 20.0 Å². The zero-order valence-electron chi connectivity index (χ0n) is 9.20. The van der Waals surface area contributed by atoms with Gasteiger partial charge >= 0.3 is 0 Å². The molecule has 1 rings (SSSR count). The molecule has 0 amide bonds. The summed E-state index contributed by atoms with van der Waals surface area (Å²) < 4.78 is 0. The van der Waals surface area contributed by atoms with Crippen molar-refractivity contribution in [1.82, 2.24) is 0 Å². The van der Waals surface area contributed by atoms with Crippen LogP contribution in [0, 0.1) is 0 Å². The number of carbonyl (C=O) groups excluding carboxylic acids is 4. The van der Waals surface area contributed by atoms with Crippen molar-refractivity contribution in [3.63, 3.8) is 0 Å². The maximum Gasteiger partial charge on any atom is 0.237 e. The van der Waals surface area contributed by atoms with Crippen LogP contribution in [0.25, 0.3) is 0 Å². The van der Waals surface area contributed by atoms with Gasteiger partial charge in [0.05, 0.1) is 6.04 Å². The Hall–Kier alpha value is -2.48. The first-order valence-corrected chi connectivity index (χ1v) is 5.04. The molecule has 8 heteroatoms. The average molecular weight is 248 g/mol. The molecule has 1 aliphatic carbocycles. The first kappa shape index (κ1) is 13.6. The summed E-state index contributed by atoms with van der Waals surface area (Å²) in [4.78, 5) is 55.2. The molecule has 18 heavy (non-hydrogen) atoms. The summed E-state index contributed by atoms with van der Waals surface area (Å²) in [6.07, 6.45) is 5.97. The van der Waals surface area contributed by atoms with Gasteiger partial charge in [0, 0.05) is 0 Å². The molecule has 92 valence electrons.